The molecule has 0 bridgehead atoms. The summed E-state index contributed by atoms with van der Waals surface area (Å²) in [6.07, 6.45) is 1.71. The molecule has 1 saturated heterocycles. The number of amides is 1. The van der Waals surface area contributed by atoms with Gasteiger partial charge in [0.25, 0.3) is 11.6 Å². The third-order valence-corrected chi connectivity index (χ3v) is 6.01. The highest BCUT2D eigenvalue weighted by Gasteiger charge is 2.24. The Hall–Kier alpha value is -3.82. The molecule has 0 unspecified atom stereocenters. The molecule has 0 radical (unpaired) electrons. The molecule has 3 aromatic carbocycles. The number of carbonyl (C=O) groups excluding carboxylic acids is 1. The third-order valence-electron chi connectivity index (χ3n) is 4.78. The van der Waals surface area contributed by atoms with Crippen LogP contribution >= 0.6 is 23.4 Å². The van der Waals surface area contributed by atoms with Crippen molar-refractivity contribution in [2.24, 2.45) is 4.99 Å². The van der Waals surface area contributed by atoms with Crippen LogP contribution in [0.3, 0.4) is 0 Å². The smallest absolute Gasteiger partial charge is 0.276 e. The van der Waals surface area contributed by atoms with E-state index in [0.29, 0.717) is 43.4 Å². The number of nitro benzene ring substituents is 1. The highest BCUT2D eigenvalue weighted by atomic mass is 35.5. The number of nitrogens with zero attached hydrogens (tertiary/aromatic N) is 2. The molecule has 1 N–H and O–H groups in total. The zero-order chi connectivity index (χ0) is 24.1. The fraction of sp³-hybridized carbons (Fsp3) is 0.0833. The predicted octanol–water partition coefficient (Wildman–Crippen LogP) is 5.73. The summed E-state index contributed by atoms with van der Waals surface area (Å²) >= 11 is 7.34. The lowest BCUT2D eigenvalue weighted by Gasteiger charge is -2.11. The van der Waals surface area contributed by atoms with Crippen LogP contribution in [0.15, 0.2) is 76.6 Å². The van der Waals surface area contributed by atoms with Crippen LogP contribution in [0.2, 0.25) is 5.02 Å². The standard InChI is InChI=1S/C24H18ClN3O5S/c1-32-21-12-15(10-11-20(21)33-14-16-6-2-5-9-19(16)28(30)31)13-22-23(29)27-24(34-22)26-18-8-4-3-7-17(18)25/h2-13H,14H2,1H3,(H,26,27,29)/b22-13-. The lowest BCUT2D eigenvalue weighted by molar-refractivity contribution is -0.385. The topological polar surface area (TPSA) is 103 Å². The minimum atomic E-state index is -0.446. The van der Waals surface area contributed by atoms with Gasteiger partial charge in [0.2, 0.25) is 0 Å². The number of halogens is 1. The van der Waals surface area contributed by atoms with E-state index in [1.165, 1.54) is 24.9 Å². The molecule has 1 amide bonds. The second-order valence-corrected chi connectivity index (χ2v) is 8.46. The molecule has 8 nitrogen and oxygen atoms in total. The Labute approximate surface area is 204 Å². The summed E-state index contributed by atoms with van der Waals surface area (Å²) in [6.45, 7) is 0.00801. The number of aliphatic imine (C=N–C) groups is 1. The van der Waals surface area contributed by atoms with Crippen molar-refractivity contribution in [2.45, 2.75) is 6.61 Å². The average molecular weight is 496 g/mol. The third kappa shape index (κ3) is 5.38. The van der Waals surface area contributed by atoms with E-state index in [1.54, 1.807) is 60.7 Å². The van der Waals surface area contributed by atoms with Gasteiger partial charge in [0.15, 0.2) is 16.7 Å². The maximum atomic E-state index is 12.4. The zero-order valence-corrected chi connectivity index (χ0v) is 19.4. The molecule has 34 heavy (non-hydrogen) atoms. The van der Waals surface area contributed by atoms with Crippen molar-refractivity contribution in [2.75, 3.05) is 7.11 Å². The first kappa shape index (κ1) is 23.3. The molecular weight excluding hydrogens is 478 g/mol. The number of ether oxygens (including phenoxy) is 2. The van der Waals surface area contributed by atoms with Gasteiger partial charge in [0.05, 0.1) is 33.2 Å². The normalized spacial score (nSPS) is 15.4. The minimum Gasteiger partial charge on any atom is -0.493 e. The molecule has 0 saturated carbocycles. The van der Waals surface area contributed by atoms with Gasteiger partial charge >= 0.3 is 0 Å². The Balaban J connectivity index is 1.51. The molecule has 172 valence electrons. The molecule has 1 fully saturated rings. The summed E-state index contributed by atoms with van der Waals surface area (Å²) in [7, 11) is 1.50. The number of hydrogen-bond donors (Lipinski definition) is 1. The quantitative estimate of drug-likeness (QED) is 0.255. The van der Waals surface area contributed by atoms with Crippen molar-refractivity contribution in [3.8, 4) is 11.5 Å². The summed E-state index contributed by atoms with van der Waals surface area (Å²) in [5, 5.41) is 14.9. The minimum absolute atomic E-state index is 0.00801. The molecule has 0 aliphatic carbocycles. The second kappa shape index (κ2) is 10.4. The van der Waals surface area contributed by atoms with Crippen molar-refractivity contribution in [1.29, 1.82) is 0 Å². The molecule has 4 rings (SSSR count). The van der Waals surface area contributed by atoms with E-state index in [9.17, 15) is 14.9 Å². The second-order valence-electron chi connectivity index (χ2n) is 7.02. The van der Waals surface area contributed by atoms with Gasteiger partial charge in [-0.3, -0.25) is 14.9 Å². The zero-order valence-electron chi connectivity index (χ0n) is 17.9. The molecule has 1 aliphatic heterocycles. The van der Waals surface area contributed by atoms with Crippen LogP contribution in [0.4, 0.5) is 11.4 Å². The number of hydrogen-bond acceptors (Lipinski definition) is 7. The number of thioether (sulfide) groups is 1. The first-order valence-corrected chi connectivity index (χ1v) is 11.2. The van der Waals surface area contributed by atoms with Crippen LogP contribution in [0, 0.1) is 10.1 Å². The Morgan fingerprint density at radius 3 is 2.65 bits per heavy atom. The Kier molecular flexibility index (Phi) is 7.15. The van der Waals surface area contributed by atoms with E-state index in [4.69, 9.17) is 21.1 Å². The average Bonchev–Trinajstić information content (AvgIpc) is 3.18. The Bertz CT molecular complexity index is 1330. The van der Waals surface area contributed by atoms with E-state index in [-0.39, 0.29) is 18.2 Å². The van der Waals surface area contributed by atoms with Crippen LogP contribution < -0.4 is 14.8 Å². The van der Waals surface area contributed by atoms with Gasteiger partial charge in [-0.1, -0.05) is 41.9 Å². The monoisotopic (exact) mass is 495 g/mol. The first-order chi connectivity index (χ1) is 16.4. The van der Waals surface area contributed by atoms with E-state index in [0.717, 1.165) is 0 Å². The lowest BCUT2D eigenvalue weighted by atomic mass is 10.1. The number of para-hydroxylation sites is 2. The molecule has 1 heterocycles. The van der Waals surface area contributed by atoms with Crippen LogP contribution in [-0.2, 0) is 11.4 Å². The van der Waals surface area contributed by atoms with Crippen LogP contribution in [0.25, 0.3) is 6.08 Å². The van der Waals surface area contributed by atoms with E-state index in [2.05, 4.69) is 10.3 Å². The fourth-order valence-electron chi connectivity index (χ4n) is 3.14. The van der Waals surface area contributed by atoms with Crippen molar-refractivity contribution in [3.63, 3.8) is 0 Å². The molecule has 3 aromatic rings. The van der Waals surface area contributed by atoms with Gasteiger partial charge in [-0.05, 0) is 53.7 Å². The number of nitrogens with one attached hydrogen (secondary N) is 1. The molecular formula is C24H18ClN3O5S. The SMILES string of the molecule is COc1cc(/C=C2\SC(=Nc3ccccc3Cl)NC2=O)ccc1OCc1ccccc1[N+](=O)[O-]. The number of carbonyl (C=O) groups is 1. The molecule has 0 atom stereocenters. The van der Waals surface area contributed by atoms with Gasteiger partial charge in [0, 0.05) is 6.07 Å². The van der Waals surface area contributed by atoms with E-state index < -0.39 is 4.92 Å². The Morgan fingerprint density at radius 1 is 1.12 bits per heavy atom. The fourth-order valence-corrected chi connectivity index (χ4v) is 4.16. The number of rotatable bonds is 7. The summed E-state index contributed by atoms with van der Waals surface area (Å²) < 4.78 is 11.2. The highest BCUT2D eigenvalue weighted by molar-refractivity contribution is 8.18. The maximum Gasteiger partial charge on any atom is 0.276 e. The molecule has 0 spiro atoms. The summed E-state index contributed by atoms with van der Waals surface area (Å²) in [5.74, 6) is 0.583. The van der Waals surface area contributed by atoms with Crippen molar-refractivity contribution < 1.29 is 19.2 Å². The van der Waals surface area contributed by atoms with E-state index in [1.807, 2.05) is 6.07 Å². The number of amidine groups is 1. The molecule has 0 aromatic heterocycles. The molecule has 10 heteroatoms. The summed E-state index contributed by atoms with van der Waals surface area (Å²) in [4.78, 5) is 28.0. The van der Waals surface area contributed by atoms with Crippen LogP contribution in [0.5, 0.6) is 11.5 Å². The highest BCUT2D eigenvalue weighted by Crippen LogP contribution is 2.34. The van der Waals surface area contributed by atoms with Gasteiger partial charge in [-0.2, -0.15) is 0 Å². The van der Waals surface area contributed by atoms with Crippen LogP contribution in [-0.4, -0.2) is 23.1 Å². The van der Waals surface area contributed by atoms with E-state index >= 15 is 0 Å². The van der Waals surface area contributed by atoms with Gasteiger partial charge in [-0.15, -0.1) is 0 Å². The van der Waals surface area contributed by atoms with Crippen molar-refractivity contribution in [1.82, 2.24) is 5.32 Å². The van der Waals surface area contributed by atoms with Gasteiger partial charge in [-0.25, -0.2) is 4.99 Å². The van der Waals surface area contributed by atoms with Gasteiger partial charge < -0.3 is 14.8 Å². The number of methoxy groups -OCH3 is 1. The predicted molar refractivity (Wildman–Crippen MR) is 133 cm³/mol. The summed E-state index contributed by atoms with van der Waals surface area (Å²) in [6, 6.07) is 18.7. The lowest BCUT2D eigenvalue weighted by Crippen LogP contribution is -2.19. The van der Waals surface area contributed by atoms with Crippen LogP contribution in [0.1, 0.15) is 11.1 Å². The maximum absolute atomic E-state index is 12.4. The largest absolute Gasteiger partial charge is 0.493 e. The van der Waals surface area contributed by atoms with Crippen molar-refractivity contribution >= 4 is 51.9 Å². The number of benzene rings is 3. The van der Waals surface area contributed by atoms with Gasteiger partial charge in [0.1, 0.15) is 6.61 Å². The first-order valence-electron chi connectivity index (χ1n) is 10.0. The number of nitro groups is 1. The Morgan fingerprint density at radius 2 is 1.88 bits per heavy atom. The summed E-state index contributed by atoms with van der Waals surface area (Å²) in [5.41, 5.74) is 1.72. The van der Waals surface area contributed by atoms with Crippen molar-refractivity contribution in [3.05, 3.63) is 97.9 Å². The molecule has 1 aliphatic rings.